The predicted molar refractivity (Wildman–Crippen MR) is 88.5 cm³/mol. The number of fused-ring (bicyclic) bond motifs is 1. The third-order valence-corrected chi connectivity index (χ3v) is 5.22. The van der Waals surface area contributed by atoms with E-state index in [9.17, 15) is 5.11 Å². The fourth-order valence-corrected chi connectivity index (χ4v) is 4.04. The van der Waals surface area contributed by atoms with Gasteiger partial charge in [0.05, 0.1) is 23.9 Å². The Morgan fingerprint density at radius 3 is 3.18 bits per heavy atom. The summed E-state index contributed by atoms with van der Waals surface area (Å²) in [6, 6.07) is 7.92. The molecular weight excluding hydrogens is 296 g/mol. The van der Waals surface area contributed by atoms with Crippen molar-refractivity contribution in [2.24, 2.45) is 0 Å². The third kappa shape index (κ3) is 3.32. The minimum Gasteiger partial charge on any atom is -0.497 e. The SMILES string of the molecule is COc1cccc(C(O)CNC2CCCc3nc(C)sc32)c1. The highest BCUT2D eigenvalue weighted by atomic mass is 32.1. The number of rotatable bonds is 5. The van der Waals surface area contributed by atoms with Crippen molar-refractivity contribution in [3.05, 3.63) is 45.4 Å². The predicted octanol–water partition coefficient (Wildman–Crippen LogP) is 3.16. The van der Waals surface area contributed by atoms with Crippen LogP contribution >= 0.6 is 11.3 Å². The maximum Gasteiger partial charge on any atom is 0.119 e. The van der Waals surface area contributed by atoms with E-state index in [4.69, 9.17) is 4.74 Å². The molecule has 0 bridgehead atoms. The molecule has 0 radical (unpaired) electrons. The Bertz CT molecular complexity index is 641. The molecule has 2 unspecified atom stereocenters. The lowest BCUT2D eigenvalue weighted by Crippen LogP contribution is -2.28. The van der Waals surface area contributed by atoms with Crippen LogP contribution in [-0.4, -0.2) is 23.7 Å². The lowest BCUT2D eigenvalue weighted by molar-refractivity contribution is 0.168. The van der Waals surface area contributed by atoms with E-state index in [0.29, 0.717) is 12.6 Å². The molecule has 0 amide bonds. The lowest BCUT2D eigenvalue weighted by atomic mass is 9.97. The second-order valence-electron chi connectivity index (χ2n) is 5.69. The summed E-state index contributed by atoms with van der Waals surface area (Å²) in [5.41, 5.74) is 2.12. The first-order valence-electron chi connectivity index (χ1n) is 7.69. The zero-order valence-corrected chi connectivity index (χ0v) is 13.8. The normalized spacial score (nSPS) is 18.8. The number of ether oxygens (including phenoxy) is 1. The monoisotopic (exact) mass is 318 g/mol. The summed E-state index contributed by atoms with van der Waals surface area (Å²) in [5.74, 6) is 0.773. The van der Waals surface area contributed by atoms with Gasteiger partial charge in [0.2, 0.25) is 0 Å². The van der Waals surface area contributed by atoms with Gasteiger partial charge in [-0.25, -0.2) is 4.98 Å². The van der Waals surface area contributed by atoms with Gasteiger partial charge in [-0.2, -0.15) is 0 Å². The molecule has 5 heteroatoms. The van der Waals surface area contributed by atoms with E-state index < -0.39 is 6.10 Å². The number of benzene rings is 1. The Morgan fingerprint density at radius 2 is 2.36 bits per heavy atom. The Labute approximate surface area is 135 Å². The molecule has 0 saturated heterocycles. The average Bonchev–Trinajstić information content (AvgIpc) is 2.93. The van der Waals surface area contributed by atoms with Crippen LogP contribution in [0.3, 0.4) is 0 Å². The van der Waals surface area contributed by atoms with Gasteiger partial charge in [0, 0.05) is 17.5 Å². The fraction of sp³-hybridized carbons (Fsp3) is 0.471. The maximum atomic E-state index is 10.4. The first-order chi connectivity index (χ1) is 10.7. The Hall–Kier alpha value is -1.43. The number of hydrogen-bond donors (Lipinski definition) is 2. The van der Waals surface area contributed by atoms with Crippen molar-refractivity contribution < 1.29 is 9.84 Å². The van der Waals surface area contributed by atoms with Crippen molar-refractivity contribution in [3.8, 4) is 5.75 Å². The summed E-state index contributed by atoms with van der Waals surface area (Å²) in [6.07, 6.45) is 2.81. The summed E-state index contributed by atoms with van der Waals surface area (Å²) >= 11 is 1.78. The molecule has 1 aliphatic rings. The van der Waals surface area contributed by atoms with Gasteiger partial charge in [0.15, 0.2) is 0 Å². The van der Waals surface area contributed by atoms with Gasteiger partial charge in [0.1, 0.15) is 5.75 Å². The number of aryl methyl sites for hydroxylation is 2. The minimum atomic E-state index is -0.533. The second-order valence-corrected chi connectivity index (χ2v) is 6.92. The number of aliphatic hydroxyl groups excluding tert-OH is 1. The molecule has 2 atom stereocenters. The second kappa shape index (κ2) is 6.77. The van der Waals surface area contributed by atoms with Crippen LogP contribution in [0.25, 0.3) is 0 Å². The fourth-order valence-electron chi connectivity index (χ4n) is 2.96. The van der Waals surface area contributed by atoms with Crippen LogP contribution in [0.1, 0.15) is 46.1 Å². The number of methoxy groups -OCH3 is 1. The van der Waals surface area contributed by atoms with E-state index in [1.165, 1.54) is 10.6 Å². The van der Waals surface area contributed by atoms with E-state index in [-0.39, 0.29) is 0 Å². The molecule has 0 spiro atoms. The molecule has 0 fully saturated rings. The van der Waals surface area contributed by atoms with Gasteiger partial charge in [-0.15, -0.1) is 11.3 Å². The van der Waals surface area contributed by atoms with Gasteiger partial charge < -0.3 is 15.2 Å². The smallest absolute Gasteiger partial charge is 0.119 e. The van der Waals surface area contributed by atoms with Crippen molar-refractivity contribution in [2.75, 3.05) is 13.7 Å². The zero-order chi connectivity index (χ0) is 15.5. The van der Waals surface area contributed by atoms with Gasteiger partial charge in [-0.1, -0.05) is 12.1 Å². The summed E-state index contributed by atoms with van der Waals surface area (Å²) < 4.78 is 5.21. The number of hydrogen-bond acceptors (Lipinski definition) is 5. The third-order valence-electron chi connectivity index (χ3n) is 4.09. The van der Waals surface area contributed by atoms with E-state index >= 15 is 0 Å². The van der Waals surface area contributed by atoms with E-state index in [0.717, 1.165) is 35.6 Å². The van der Waals surface area contributed by atoms with Crippen molar-refractivity contribution in [1.29, 1.82) is 0 Å². The molecule has 0 aliphatic heterocycles. The molecule has 22 heavy (non-hydrogen) atoms. The van der Waals surface area contributed by atoms with Gasteiger partial charge in [-0.05, 0) is 43.9 Å². The average molecular weight is 318 g/mol. The molecule has 1 aliphatic carbocycles. The van der Waals surface area contributed by atoms with Crippen LogP contribution < -0.4 is 10.1 Å². The Kier molecular flexibility index (Phi) is 4.76. The quantitative estimate of drug-likeness (QED) is 0.889. The molecule has 1 heterocycles. The van der Waals surface area contributed by atoms with E-state index in [2.05, 4.69) is 17.2 Å². The summed E-state index contributed by atoms with van der Waals surface area (Å²) in [4.78, 5) is 5.96. The van der Waals surface area contributed by atoms with Gasteiger partial charge in [-0.3, -0.25) is 0 Å². The molecule has 3 rings (SSSR count). The Morgan fingerprint density at radius 1 is 1.50 bits per heavy atom. The highest BCUT2D eigenvalue weighted by molar-refractivity contribution is 7.11. The van der Waals surface area contributed by atoms with Crippen molar-refractivity contribution in [2.45, 2.75) is 38.3 Å². The van der Waals surface area contributed by atoms with Crippen LogP contribution in [0.4, 0.5) is 0 Å². The van der Waals surface area contributed by atoms with Crippen LogP contribution in [0.15, 0.2) is 24.3 Å². The van der Waals surface area contributed by atoms with Crippen LogP contribution in [0.5, 0.6) is 5.75 Å². The van der Waals surface area contributed by atoms with Crippen molar-refractivity contribution >= 4 is 11.3 Å². The summed E-state index contributed by atoms with van der Waals surface area (Å²) in [7, 11) is 1.64. The highest BCUT2D eigenvalue weighted by Crippen LogP contribution is 2.34. The van der Waals surface area contributed by atoms with E-state index in [1.54, 1.807) is 18.4 Å². The number of nitrogens with one attached hydrogen (secondary N) is 1. The highest BCUT2D eigenvalue weighted by Gasteiger charge is 2.24. The van der Waals surface area contributed by atoms with Gasteiger partial charge in [0.25, 0.3) is 0 Å². The largest absolute Gasteiger partial charge is 0.497 e. The summed E-state index contributed by atoms with van der Waals surface area (Å²) in [5, 5.41) is 15.0. The zero-order valence-electron chi connectivity index (χ0n) is 13.0. The topological polar surface area (TPSA) is 54.4 Å². The number of nitrogens with zero attached hydrogens (tertiary/aromatic N) is 1. The molecule has 1 aromatic heterocycles. The molecule has 0 saturated carbocycles. The summed E-state index contributed by atoms with van der Waals surface area (Å²) in [6.45, 7) is 2.60. The molecule has 2 N–H and O–H groups in total. The first-order valence-corrected chi connectivity index (χ1v) is 8.50. The maximum absolute atomic E-state index is 10.4. The Balaban J connectivity index is 1.65. The number of aliphatic hydroxyl groups is 1. The van der Waals surface area contributed by atoms with Crippen molar-refractivity contribution in [1.82, 2.24) is 10.3 Å². The van der Waals surface area contributed by atoms with Gasteiger partial charge >= 0.3 is 0 Å². The lowest BCUT2D eigenvalue weighted by Gasteiger charge is -2.24. The van der Waals surface area contributed by atoms with Crippen LogP contribution in [0.2, 0.25) is 0 Å². The van der Waals surface area contributed by atoms with Crippen LogP contribution in [0, 0.1) is 6.92 Å². The standard InChI is InChI=1S/C17H22N2O2S/c1-11-19-15-8-4-7-14(17(15)22-11)18-10-16(20)12-5-3-6-13(9-12)21-2/h3,5-6,9,14,16,18,20H,4,7-8,10H2,1-2H3. The molecule has 2 aromatic rings. The number of thiazole rings is 1. The first kappa shape index (κ1) is 15.5. The molecule has 4 nitrogen and oxygen atoms in total. The number of aromatic nitrogens is 1. The molecular formula is C17H22N2O2S. The minimum absolute atomic E-state index is 0.315. The molecule has 118 valence electrons. The van der Waals surface area contributed by atoms with E-state index in [1.807, 2.05) is 24.3 Å². The van der Waals surface area contributed by atoms with Crippen molar-refractivity contribution in [3.63, 3.8) is 0 Å². The van der Waals surface area contributed by atoms with Crippen LogP contribution in [-0.2, 0) is 6.42 Å². The molecule has 1 aromatic carbocycles.